The van der Waals surface area contributed by atoms with Crippen molar-refractivity contribution in [2.45, 2.75) is 19.8 Å². The van der Waals surface area contributed by atoms with E-state index in [1.54, 1.807) is 12.3 Å². The molecule has 3 rings (SSSR count). The van der Waals surface area contributed by atoms with Gasteiger partial charge >= 0.3 is 152 Å². The first-order valence-electron chi connectivity index (χ1n) is 7.23. The molecule has 8 heteroatoms. The maximum absolute atomic E-state index is 11.5. The van der Waals surface area contributed by atoms with E-state index >= 15 is 0 Å². The standard InChI is InChI=1S/C16H14ClN4O2Se/c1-9-11-6-13(21(24)16(11)20-8-19-9)12-7-18-14(17)5-10(12)3-4-15(22)23-2/h5-8H,3-4H2,1-2H3. The van der Waals surface area contributed by atoms with Gasteiger partial charge in [0, 0.05) is 0 Å². The van der Waals surface area contributed by atoms with E-state index in [-0.39, 0.29) is 12.4 Å². The fourth-order valence-corrected chi connectivity index (χ4v) is 3.35. The minimum atomic E-state index is -0.265. The van der Waals surface area contributed by atoms with Crippen LogP contribution >= 0.6 is 11.6 Å². The summed E-state index contributed by atoms with van der Waals surface area (Å²) in [5.41, 5.74) is 4.40. The van der Waals surface area contributed by atoms with Crippen molar-refractivity contribution in [3.8, 4) is 11.3 Å². The normalized spacial score (nSPS) is 11.0. The van der Waals surface area contributed by atoms with Crippen molar-refractivity contribution in [1.82, 2.24) is 18.5 Å². The molecule has 123 valence electrons. The zero-order valence-corrected chi connectivity index (χ0v) is 15.6. The molecule has 0 atom stereocenters. The van der Waals surface area contributed by atoms with E-state index in [2.05, 4.69) is 31.2 Å². The van der Waals surface area contributed by atoms with Gasteiger partial charge < -0.3 is 0 Å². The van der Waals surface area contributed by atoms with Gasteiger partial charge in [0.1, 0.15) is 0 Å². The van der Waals surface area contributed by atoms with E-state index < -0.39 is 0 Å². The molecule has 6 nitrogen and oxygen atoms in total. The van der Waals surface area contributed by atoms with Gasteiger partial charge in [-0.05, 0) is 0 Å². The van der Waals surface area contributed by atoms with Gasteiger partial charge in [0.05, 0.1) is 0 Å². The number of esters is 1. The van der Waals surface area contributed by atoms with Crippen molar-refractivity contribution in [3.63, 3.8) is 0 Å². The molecule has 0 aliphatic carbocycles. The van der Waals surface area contributed by atoms with Gasteiger partial charge in [0.15, 0.2) is 0 Å². The Hall–Kier alpha value is -1.95. The molecule has 0 spiro atoms. The number of rotatable bonds is 4. The van der Waals surface area contributed by atoms with Crippen molar-refractivity contribution in [2.75, 3.05) is 7.11 Å². The number of aromatic nitrogens is 4. The van der Waals surface area contributed by atoms with E-state index in [1.807, 2.05) is 16.6 Å². The second-order valence-corrected chi connectivity index (χ2v) is 6.41. The molecule has 3 heterocycles. The Balaban J connectivity index is 2.11. The van der Waals surface area contributed by atoms with Crippen LogP contribution in [0.4, 0.5) is 0 Å². The molecule has 0 aromatic carbocycles. The molecule has 0 fully saturated rings. The summed E-state index contributed by atoms with van der Waals surface area (Å²) < 4.78 is 6.59. The number of fused-ring (bicyclic) bond motifs is 1. The molecule has 3 aromatic heterocycles. The fraction of sp³-hybridized carbons (Fsp3) is 0.250. The van der Waals surface area contributed by atoms with Crippen LogP contribution in [0, 0.1) is 6.92 Å². The number of methoxy groups -OCH3 is 1. The second-order valence-electron chi connectivity index (χ2n) is 5.26. The van der Waals surface area contributed by atoms with E-state index in [0.717, 1.165) is 33.5 Å². The zero-order valence-electron chi connectivity index (χ0n) is 13.1. The van der Waals surface area contributed by atoms with E-state index in [4.69, 9.17) is 16.3 Å². The molecule has 1 radical (unpaired) electrons. The Labute approximate surface area is 152 Å². The molecular weight excluding hydrogens is 395 g/mol. The van der Waals surface area contributed by atoms with Gasteiger partial charge in [0.25, 0.3) is 0 Å². The van der Waals surface area contributed by atoms with Gasteiger partial charge in [0.2, 0.25) is 0 Å². The predicted octanol–water partition coefficient (Wildman–Crippen LogP) is 2.49. The SMILES string of the molecule is COC(=O)CCc1cc(Cl)ncc1-c1cc2c(C)ncnc2n1[Se]. The van der Waals surface area contributed by atoms with Crippen molar-refractivity contribution in [2.24, 2.45) is 0 Å². The van der Waals surface area contributed by atoms with Crippen LogP contribution in [0.25, 0.3) is 22.3 Å². The van der Waals surface area contributed by atoms with Crippen LogP contribution in [0.15, 0.2) is 24.7 Å². The molecule has 0 unspecified atom stereocenters. The average Bonchev–Trinajstić information content (AvgIpc) is 2.91. The number of halogens is 1. The van der Waals surface area contributed by atoms with Crippen LogP contribution in [0.2, 0.25) is 5.15 Å². The van der Waals surface area contributed by atoms with E-state index in [1.165, 1.54) is 13.4 Å². The van der Waals surface area contributed by atoms with Crippen molar-refractivity contribution < 1.29 is 9.53 Å². The molecular formula is C16H14ClN4O2Se. The Kier molecular flexibility index (Phi) is 4.85. The minimum absolute atomic E-state index is 0.265. The van der Waals surface area contributed by atoms with E-state index in [0.29, 0.717) is 11.6 Å². The molecule has 0 saturated carbocycles. The number of ether oxygens (including phenoxy) is 1. The zero-order chi connectivity index (χ0) is 17.3. The predicted molar refractivity (Wildman–Crippen MR) is 92.0 cm³/mol. The van der Waals surface area contributed by atoms with Gasteiger partial charge in [-0.15, -0.1) is 0 Å². The molecule has 0 N–H and O–H groups in total. The van der Waals surface area contributed by atoms with Gasteiger partial charge in [-0.25, -0.2) is 0 Å². The first-order valence-corrected chi connectivity index (χ1v) is 8.38. The number of pyridine rings is 1. The quantitative estimate of drug-likeness (QED) is 0.377. The number of hydrogen-bond donors (Lipinski definition) is 0. The van der Waals surface area contributed by atoms with Gasteiger partial charge in [-0.2, -0.15) is 0 Å². The van der Waals surface area contributed by atoms with Gasteiger partial charge in [-0.1, -0.05) is 0 Å². The van der Waals surface area contributed by atoms with Crippen molar-refractivity contribution in [3.05, 3.63) is 41.1 Å². The topological polar surface area (TPSA) is 69.9 Å². The van der Waals surface area contributed by atoms with Crippen LogP contribution in [0.1, 0.15) is 17.7 Å². The van der Waals surface area contributed by atoms with Crippen LogP contribution in [-0.2, 0) is 16.0 Å². The van der Waals surface area contributed by atoms with Gasteiger partial charge in [-0.3, -0.25) is 0 Å². The Morgan fingerprint density at radius 1 is 1.33 bits per heavy atom. The second kappa shape index (κ2) is 6.89. The summed E-state index contributed by atoms with van der Waals surface area (Å²) in [6, 6.07) is 3.78. The third-order valence-electron chi connectivity index (χ3n) is 3.81. The number of hydrogen-bond acceptors (Lipinski definition) is 5. The summed E-state index contributed by atoms with van der Waals surface area (Å²) in [6.07, 6.45) is 4.03. The van der Waals surface area contributed by atoms with Crippen LogP contribution in [0.3, 0.4) is 0 Å². The molecule has 0 aliphatic rings. The van der Waals surface area contributed by atoms with Crippen molar-refractivity contribution >= 4 is 44.8 Å². The maximum atomic E-state index is 11.5. The Morgan fingerprint density at radius 3 is 2.83 bits per heavy atom. The first kappa shape index (κ1) is 16.9. The number of carbonyl (C=O) groups excluding carboxylic acids is 1. The average molecular weight is 409 g/mol. The number of aryl methyl sites for hydroxylation is 2. The summed E-state index contributed by atoms with van der Waals surface area (Å²) in [5.74, 6) is -0.265. The summed E-state index contributed by atoms with van der Waals surface area (Å²) in [4.78, 5) is 24.2. The monoisotopic (exact) mass is 409 g/mol. The Bertz CT molecular complexity index is 926. The first-order chi connectivity index (χ1) is 11.5. The molecule has 0 bridgehead atoms. The fourth-order valence-electron chi connectivity index (χ4n) is 2.54. The van der Waals surface area contributed by atoms with Crippen LogP contribution in [0.5, 0.6) is 0 Å². The third kappa shape index (κ3) is 3.15. The van der Waals surface area contributed by atoms with Crippen LogP contribution < -0.4 is 0 Å². The molecule has 24 heavy (non-hydrogen) atoms. The Morgan fingerprint density at radius 2 is 2.12 bits per heavy atom. The number of nitrogens with zero attached hydrogens (tertiary/aromatic N) is 4. The molecule has 3 aromatic rings. The number of carbonyl (C=O) groups is 1. The molecule has 0 aliphatic heterocycles. The molecule has 0 saturated heterocycles. The third-order valence-corrected chi connectivity index (χ3v) is 4.79. The van der Waals surface area contributed by atoms with Crippen molar-refractivity contribution in [1.29, 1.82) is 0 Å². The summed E-state index contributed by atoms with van der Waals surface area (Å²) in [6.45, 7) is 1.94. The summed E-state index contributed by atoms with van der Waals surface area (Å²) in [5, 5.41) is 1.34. The summed E-state index contributed by atoms with van der Waals surface area (Å²) >= 11 is 9.04. The molecule has 0 amide bonds. The summed E-state index contributed by atoms with van der Waals surface area (Å²) in [7, 11) is 1.38. The van der Waals surface area contributed by atoms with Crippen LogP contribution in [-0.4, -0.2) is 47.8 Å². The van der Waals surface area contributed by atoms with E-state index in [9.17, 15) is 4.79 Å².